The molecule has 0 aromatic carbocycles. The summed E-state index contributed by atoms with van der Waals surface area (Å²) in [6.45, 7) is 2.78. The smallest absolute Gasteiger partial charge is 0.225 e. The third kappa shape index (κ3) is 2.51. The molecule has 0 atom stereocenters. The van der Waals surface area contributed by atoms with Gasteiger partial charge >= 0.3 is 0 Å². The SMILES string of the molecule is NCCCC1CN(C(=O)C2CCCC2)C1. The standard InChI is InChI=1S/C12H22N2O/c13-7-3-4-10-8-14(9-10)12(15)11-5-1-2-6-11/h10-11H,1-9,13H2. The molecule has 0 spiro atoms. The highest BCUT2D eigenvalue weighted by Gasteiger charge is 2.34. The minimum Gasteiger partial charge on any atom is -0.342 e. The monoisotopic (exact) mass is 210 g/mol. The van der Waals surface area contributed by atoms with Crippen molar-refractivity contribution in [3.05, 3.63) is 0 Å². The fourth-order valence-corrected chi connectivity index (χ4v) is 2.77. The molecule has 0 unspecified atom stereocenters. The van der Waals surface area contributed by atoms with Gasteiger partial charge in [0.15, 0.2) is 0 Å². The molecule has 3 nitrogen and oxygen atoms in total. The van der Waals surface area contributed by atoms with Gasteiger partial charge in [0, 0.05) is 19.0 Å². The molecule has 1 amide bonds. The quantitative estimate of drug-likeness (QED) is 0.762. The van der Waals surface area contributed by atoms with Crippen LogP contribution in [-0.2, 0) is 4.79 Å². The zero-order valence-electron chi connectivity index (χ0n) is 9.45. The van der Waals surface area contributed by atoms with Crippen molar-refractivity contribution in [2.75, 3.05) is 19.6 Å². The van der Waals surface area contributed by atoms with Crippen LogP contribution in [-0.4, -0.2) is 30.4 Å². The van der Waals surface area contributed by atoms with Crippen molar-refractivity contribution >= 4 is 5.91 Å². The Morgan fingerprint density at radius 1 is 1.27 bits per heavy atom. The lowest BCUT2D eigenvalue weighted by Gasteiger charge is -2.40. The van der Waals surface area contributed by atoms with Crippen LogP contribution in [0.3, 0.4) is 0 Å². The first-order valence-electron chi connectivity index (χ1n) is 6.30. The lowest BCUT2D eigenvalue weighted by molar-refractivity contribution is -0.141. The van der Waals surface area contributed by atoms with Gasteiger partial charge in [0.1, 0.15) is 0 Å². The molecule has 0 radical (unpaired) electrons. The summed E-state index contributed by atoms with van der Waals surface area (Å²) >= 11 is 0. The van der Waals surface area contributed by atoms with Gasteiger partial charge in [-0.15, -0.1) is 0 Å². The van der Waals surface area contributed by atoms with E-state index in [1.807, 2.05) is 0 Å². The molecule has 3 heteroatoms. The van der Waals surface area contributed by atoms with Gasteiger partial charge in [0.05, 0.1) is 0 Å². The van der Waals surface area contributed by atoms with E-state index in [9.17, 15) is 4.79 Å². The zero-order valence-corrected chi connectivity index (χ0v) is 9.45. The van der Waals surface area contributed by atoms with E-state index in [1.165, 1.54) is 19.3 Å². The Labute approximate surface area is 92.0 Å². The molecule has 1 aliphatic carbocycles. The summed E-state index contributed by atoms with van der Waals surface area (Å²) in [6, 6.07) is 0. The average Bonchev–Trinajstić information content (AvgIpc) is 2.68. The number of nitrogens with zero attached hydrogens (tertiary/aromatic N) is 1. The van der Waals surface area contributed by atoms with Gasteiger partial charge in [-0.05, 0) is 38.1 Å². The van der Waals surface area contributed by atoms with Crippen LogP contribution < -0.4 is 5.73 Å². The molecule has 1 heterocycles. The number of likely N-dealkylation sites (tertiary alicyclic amines) is 1. The second-order valence-electron chi connectivity index (χ2n) is 5.02. The van der Waals surface area contributed by atoms with Gasteiger partial charge in [-0.3, -0.25) is 4.79 Å². The summed E-state index contributed by atoms with van der Waals surface area (Å²) in [5, 5.41) is 0. The summed E-state index contributed by atoms with van der Waals surface area (Å²) in [5.74, 6) is 1.52. The highest BCUT2D eigenvalue weighted by Crippen LogP contribution is 2.30. The molecule has 1 saturated carbocycles. The van der Waals surface area contributed by atoms with E-state index >= 15 is 0 Å². The molecule has 2 fully saturated rings. The van der Waals surface area contributed by atoms with E-state index in [0.29, 0.717) is 11.8 Å². The summed E-state index contributed by atoms with van der Waals surface area (Å²) in [7, 11) is 0. The van der Waals surface area contributed by atoms with Crippen LogP contribution in [0.15, 0.2) is 0 Å². The molecule has 15 heavy (non-hydrogen) atoms. The van der Waals surface area contributed by atoms with Gasteiger partial charge in [-0.2, -0.15) is 0 Å². The lowest BCUT2D eigenvalue weighted by Crippen LogP contribution is -2.51. The van der Waals surface area contributed by atoms with Gasteiger partial charge in [-0.1, -0.05) is 12.8 Å². The molecular weight excluding hydrogens is 188 g/mol. The molecule has 2 aliphatic rings. The number of rotatable bonds is 4. The Kier molecular flexibility index (Phi) is 3.62. The number of carbonyl (C=O) groups excluding carboxylic acids is 1. The Morgan fingerprint density at radius 2 is 1.93 bits per heavy atom. The van der Waals surface area contributed by atoms with Crippen LogP contribution in [0, 0.1) is 11.8 Å². The van der Waals surface area contributed by atoms with E-state index in [2.05, 4.69) is 4.90 Å². The number of hydrogen-bond acceptors (Lipinski definition) is 2. The molecule has 0 aromatic rings. The number of carbonyl (C=O) groups is 1. The van der Waals surface area contributed by atoms with Gasteiger partial charge in [0.25, 0.3) is 0 Å². The molecule has 2 rings (SSSR count). The van der Waals surface area contributed by atoms with E-state index < -0.39 is 0 Å². The minimum absolute atomic E-state index is 0.362. The average molecular weight is 210 g/mol. The van der Waals surface area contributed by atoms with Crippen molar-refractivity contribution in [3.63, 3.8) is 0 Å². The number of amides is 1. The summed E-state index contributed by atoms with van der Waals surface area (Å²) in [6.07, 6.45) is 7.06. The Hall–Kier alpha value is -0.570. The maximum atomic E-state index is 11.9. The second kappa shape index (κ2) is 4.97. The van der Waals surface area contributed by atoms with Crippen molar-refractivity contribution in [1.82, 2.24) is 4.90 Å². The van der Waals surface area contributed by atoms with Crippen LogP contribution in [0.1, 0.15) is 38.5 Å². The van der Waals surface area contributed by atoms with E-state index in [-0.39, 0.29) is 0 Å². The predicted molar refractivity (Wildman–Crippen MR) is 60.3 cm³/mol. The highest BCUT2D eigenvalue weighted by atomic mass is 16.2. The first-order chi connectivity index (χ1) is 7.31. The Morgan fingerprint density at radius 3 is 2.53 bits per heavy atom. The zero-order chi connectivity index (χ0) is 10.7. The van der Waals surface area contributed by atoms with Gasteiger partial charge in [-0.25, -0.2) is 0 Å². The van der Waals surface area contributed by atoms with E-state index in [1.54, 1.807) is 0 Å². The van der Waals surface area contributed by atoms with Crippen LogP contribution in [0.25, 0.3) is 0 Å². The largest absolute Gasteiger partial charge is 0.342 e. The van der Waals surface area contributed by atoms with Gasteiger partial charge in [0.2, 0.25) is 5.91 Å². The predicted octanol–water partition coefficient (Wildman–Crippen LogP) is 1.37. The highest BCUT2D eigenvalue weighted by molar-refractivity contribution is 5.79. The van der Waals surface area contributed by atoms with Crippen LogP contribution >= 0.6 is 0 Å². The molecule has 1 saturated heterocycles. The van der Waals surface area contributed by atoms with Crippen molar-refractivity contribution in [2.45, 2.75) is 38.5 Å². The summed E-state index contributed by atoms with van der Waals surface area (Å²) < 4.78 is 0. The Bertz CT molecular complexity index is 218. The Balaban J connectivity index is 1.67. The first-order valence-corrected chi connectivity index (χ1v) is 6.30. The van der Waals surface area contributed by atoms with Crippen molar-refractivity contribution < 1.29 is 4.79 Å². The van der Waals surface area contributed by atoms with E-state index in [0.717, 1.165) is 44.8 Å². The fraction of sp³-hybridized carbons (Fsp3) is 0.917. The van der Waals surface area contributed by atoms with E-state index in [4.69, 9.17) is 5.73 Å². The summed E-state index contributed by atoms with van der Waals surface area (Å²) in [5.41, 5.74) is 5.47. The van der Waals surface area contributed by atoms with Crippen molar-refractivity contribution in [1.29, 1.82) is 0 Å². The molecule has 0 bridgehead atoms. The number of nitrogens with two attached hydrogens (primary N) is 1. The minimum atomic E-state index is 0.362. The second-order valence-corrected chi connectivity index (χ2v) is 5.02. The van der Waals surface area contributed by atoms with Crippen molar-refractivity contribution in [2.24, 2.45) is 17.6 Å². The van der Waals surface area contributed by atoms with Gasteiger partial charge < -0.3 is 10.6 Å². The molecule has 0 aromatic heterocycles. The van der Waals surface area contributed by atoms with Crippen LogP contribution in [0.4, 0.5) is 0 Å². The lowest BCUT2D eigenvalue weighted by atomic mass is 9.92. The van der Waals surface area contributed by atoms with Crippen LogP contribution in [0.5, 0.6) is 0 Å². The summed E-state index contributed by atoms with van der Waals surface area (Å²) in [4.78, 5) is 14.0. The van der Waals surface area contributed by atoms with Crippen LogP contribution in [0.2, 0.25) is 0 Å². The third-order valence-corrected chi connectivity index (χ3v) is 3.79. The maximum Gasteiger partial charge on any atom is 0.225 e. The third-order valence-electron chi connectivity index (χ3n) is 3.79. The topological polar surface area (TPSA) is 46.3 Å². The maximum absolute atomic E-state index is 11.9. The number of hydrogen-bond donors (Lipinski definition) is 1. The van der Waals surface area contributed by atoms with Crippen molar-refractivity contribution in [3.8, 4) is 0 Å². The molecular formula is C12H22N2O. The molecule has 1 aliphatic heterocycles. The normalized spacial score (nSPS) is 23.1. The molecule has 2 N–H and O–H groups in total. The first kappa shape index (κ1) is 10.9. The fourth-order valence-electron chi connectivity index (χ4n) is 2.77. The molecule has 86 valence electrons.